The Morgan fingerprint density at radius 3 is 2.23 bits per heavy atom. The fourth-order valence-corrected chi connectivity index (χ4v) is 7.25. The van der Waals surface area contributed by atoms with Crippen molar-refractivity contribution in [3.8, 4) is 17.0 Å². The third kappa shape index (κ3) is 4.66. The quantitative estimate of drug-likeness (QED) is 0.467. The van der Waals surface area contributed by atoms with Crippen LogP contribution in [0, 0.1) is 29.0 Å². The van der Waals surface area contributed by atoms with E-state index in [0.29, 0.717) is 5.82 Å². The summed E-state index contributed by atoms with van der Waals surface area (Å²) in [6.45, 7) is 0. The van der Waals surface area contributed by atoms with Crippen molar-refractivity contribution in [3.63, 3.8) is 0 Å². The molecule has 180 valence electrons. The van der Waals surface area contributed by atoms with Crippen molar-refractivity contribution in [2.75, 3.05) is 5.32 Å². The number of phenols is 1. The van der Waals surface area contributed by atoms with E-state index in [1.807, 2.05) is 12.1 Å². The third-order valence-electron chi connectivity index (χ3n) is 8.25. The maximum Gasteiger partial charge on any atom is 0.229 e. The van der Waals surface area contributed by atoms with E-state index in [0.717, 1.165) is 46.7 Å². The number of aromatic hydroxyl groups is 1. The van der Waals surface area contributed by atoms with Crippen LogP contribution in [0.15, 0.2) is 54.7 Å². The number of benzene rings is 2. The second-order valence-electron chi connectivity index (χ2n) is 11.0. The molecule has 3 aromatic rings. The summed E-state index contributed by atoms with van der Waals surface area (Å²) in [4.78, 5) is 22.5. The molecule has 6 heteroatoms. The third-order valence-corrected chi connectivity index (χ3v) is 8.25. The van der Waals surface area contributed by atoms with Gasteiger partial charge in [-0.25, -0.2) is 14.4 Å². The molecule has 35 heavy (non-hydrogen) atoms. The Balaban J connectivity index is 1.29. The summed E-state index contributed by atoms with van der Waals surface area (Å²) in [5, 5.41) is 12.7. The molecule has 0 aliphatic heterocycles. The number of rotatable bonds is 6. The van der Waals surface area contributed by atoms with Gasteiger partial charge in [0.2, 0.25) is 5.91 Å². The van der Waals surface area contributed by atoms with Crippen molar-refractivity contribution in [2.24, 2.45) is 23.2 Å². The van der Waals surface area contributed by atoms with Gasteiger partial charge >= 0.3 is 0 Å². The number of nitrogens with one attached hydrogen (secondary N) is 1. The molecule has 1 aromatic heterocycles. The molecule has 4 aliphatic rings. The highest BCUT2D eigenvalue weighted by atomic mass is 19.1. The van der Waals surface area contributed by atoms with Crippen LogP contribution in [-0.2, 0) is 17.6 Å². The maximum absolute atomic E-state index is 13.2. The highest BCUT2D eigenvalue weighted by Gasteiger charge is 2.51. The van der Waals surface area contributed by atoms with Gasteiger partial charge in [0.05, 0.1) is 24.0 Å². The number of hydrogen-bond acceptors (Lipinski definition) is 4. The maximum atomic E-state index is 13.2. The molecule has 2 aromatic carbocycles. The predicted octanol–water partition coefficient (Wildman–Crippen LogP) is 5.93. The first kappa shape index (κ1) is 22.2. The monoisotopic (exact) mass is 471 g/mol. The summed E-state index contributed by atoms with van der Waals surface area (Å²) in [7, 11) is 0. The second-order valence-corrected chi connectivity index (χ2v) is 11.0. The minimum absolute atomic E-state index is 0.151. The van der Waals surface area contributed by atoms with Crippen LogP contribution in [0.5, 0.6) is 5.75 Å². The van der Waals surface area contributed by atoms with Crippen LogP contribution in [0.25, 0.3) is 11.3 Å². The summed E-state index contributed by atoms with van der Waals surface area (Å²) in [5.41, 5.74) is 3.45. The molecule has 0 unspecified atom stereocenters. The lowest BCUT2D eigenvalue weighted by atomic mass is 9.48. The van der Waals surface area contributed by atoms with E-state index in [1.54, 1.807) is 30.5 Å². The van der Waals surface area contributed by atoms with Crippen LogP contribution >= 0.6 is 0 Å². The molecule has 5 nitrogen and oxygen atoms in total. The van der Waals surface area contributed by atoms with Gasteiger partial charge in [-0.1, -0.05) is 12.1 Å². The number of hydrogen-bond donors (Lipinski definition) is 2. The molecule has 0 spiro atoms. The Morgan fingerprint density at radius 1 is 0.971 bits per heavy atom. The number of nitrogens with zero attached hydrogens (tertiary/aromatic N) is 2. The minimum atomic E-state index is -0.317. The van der Waals surface area contributed by atoms with Crippen LogP contribution in [-0.4, -0.2) is 21.0 Å². The highest BCUT2D eigenvalue weighted by Crippen LogP contribution is 2.61. The normalized spacial score (nSPS) is 26.6. The summed E-state index contributed by atoms with van der Waals surface area (Å²) in [5.74, 6) is 2.70. The first-order valence-corrected chi connectivity index (χ1v) is 12.6. The van der Waals surface area contributed by atoms with Crippen molar-refractivity contribution in [3.05, 3.63) is 71.8 Å². The molecule has 7 rings (SSSR count). The standard InChI is InChI=1S/C29H30FN3O2/c30-23-5-1-18(2-6-23)12-27(35)33-28-25(32-26(17-31-28)22-3-7-24(34)8-4-22)16-29-13-19-9-20(14-29)11-21(10-19)15-29/h1-8,17,19-21,34H,9-16H2,(H,31,33,35). The van der Waals surface area contributed by atoms with E-state index in [2.05, 4.69) is 10.3 Å². The van der Waals surface area contributed by atoms with Crippen molar-refractivity contribution in [1.82, 2.24) is 9.97 Å². The molecule has 4 fully saturated rings. The van der Waals surface area contributed by atoms with Gasteiger partial charge in [0, 0.05) is 5.56 Å². The Kier molecular flexibility index (Phi) is 5.54. The van der Waals surface area contributed by atoms with E-state index >= 15 is 0 Å². The molecule has 2 N–H and O–H groups in total. The van der Waals surface area contributed by atoms with E-state index in [1.165, 1.54) is 50.7 Å². The number of carbonyl (C=O) groups excluding carboxylic acids is 1. The number of aromatic nitrogens is 2. The topological polar surface area (TPSA) is 75.1 Å². The number of anilines is 1. The molecular formula is C29H30FN3O2. The van der Waals surface area contributed by atoms with Gasteiger partial charge < -0.3 is 10.4 Å². The smallest absolute Gasteiger partial charge is 0.229 e. The van der Waals surface area contributed by atoms with Crippen LogP contribution in [0.1, 0.15) is 49.8 Å². The fourth-order valence-electron chi connectivity index (χ4n) is 7.25. The SMILES string of the molecule is O=C(Cc1ccc(F)cc1)Nc1ncc(-c2ccc(O)cc2)nc1CC12CC3CC(CC(C3)C1)C2. The van der Waals surface area contributed by atoms with Crippen LogP contribution in [0.4, 0.5) is 10.2 Å². The van der Waals surface area contributed by atoms with Crippen LogP contribution < -0.4 is 5.32 Å². The lowest BCUT2D eigenvalue weighted by Gasteiger charge is -2.57. The lowest BCUT2D eigenvalue weighted by Crippen LogP contribution is -2.47. The first-order chi connectivity index (χ1) is 16.9. The second kappa shape index (κ2) is 8.74. The molecule has 0 radical (unpaired) electrons. The summed E-state index contributed by atoms with van der Waals surface area (Å²) >= 11 is 0. The van der Waals surface area contributed by atoms with E-state index < -0.39 is 0 Å². The number of carbonyl (C=O) groups is 1. The van der Waals surface area contributed by atoms with Crippen molar-refractivity contribution < 1.29 is 14.3 Å². The Hall–Kier alpha value is -3.28. The van der Waals surface area contributed by atoms with Gasteiger partial charge in [0.25, 0.3) is 0 Å². The number of phenolic OH excluding ortho intramolecular Hbond substituents is 1. The van der Waals surface area contributed by atoms with Gasteiger partial charge in [-0.05, 0) is 110 Å². The molecule has 4 bridgehead atoms. The van der Waals surface area contributed by atoms with Gasteiger partial charge in [-0.15, -0.1) is 0 Å². The van der Waals surface area contributed by atoms with Crippen molar-refractivity contribution in [2.45, 2.75) is 51.4 Å². The van der Waals surface area contributed by atoms with Crippen LogP contribution in [0.2, 0.25) is 0 Å². The summed E-state index contributed by atoms with van der Waals surface area (Å²) in [6, 6.07) is 13.0. The number of halogens is 1. The average molecular weight is 472 g/mol. The summed E-state index contributed by atoms with van der Waals surface area (Å²) < 4.78 is 13.2. The predicted molar refractivity (Wildman–Crippen MR) is 132 cm³/mol. The van der Waals surface area contributed by atoms with Gasteiger partial charge in [-0.2, -0.15) is 0 Å². The molecule has 4 saturated carbocycles. The Labute approximate surface area is 204 Å². The highest BCUT2D eigenvalue weighted by molar-refractivity contribution is 5.92. The Morgan fingerprint density at radius 2 is 1.60 bits per heavy atom. The minimum Gasteiger partial charge on any atom is -0.508 e. The van der Waals surface area contributed by atoms with E-state index in [9.17, 15) is 14.3 Å². The largest absolute Gasteiger partial charge is 0.508 e. The van der Waals surface area contributed by atoms with Crippen molar-refractivity contribution in [1.29, 1.82) is 0 Å². The first-order valence-electron chi connectivity index (χ1n) is 12.6. The number of amides is 1. The fraction of sp³-hybridized carbons (Fsp3) is 0.414. The van der Waals surface area contributed by atoms with E-state index in [-0.39, 0.29) is 29.3 Å². The molecular weight excluding hydrogens is 441 g/mol. The van der Waals surface area contributed by atoms with Gasteiger partial charge in [0.15, 0.2) is 5.82 Å². The molecule has 0 atom stereocenters. The van der Waals surface area contributed by atoms with Gasteiger partial charge in [0.1, 0.15) is 11.6 Å². The zero-order valence-electron chi connectivity index (χ0n) is 19.7. The molecule has 0 saturated heterocycles. The van der Waals surface area contributed by atoms with Gasteiger partial charge in [-0.3, -0.25) is 4.79 Å². The summed E-state index contributed by atoms with van der Waals surface area (Å²) in [6.07, 6.45) is 10.5. The Bertz CT molecular complexity index is 1200. The van der Waals surface area contributed by atoms with Crippen molar-refractivity contribution >= 4 is 11.7 Å². The zero-order chi connectivity index (χ0) is 24.0. The lowest BCUT2D eigenvalue weighted by molar-refractivity contribution is -0.115. The molecule has 1 heterocycles. The molecule has 1 amide bonds. The zero-order valence-corrected chi connectivity index (χ0v) is 19.7. The molecule has 4 aliphatic carbocycles. The van der Waals surface area contributed by atoms with E-state index in [4.69, 9.17) is 4.98 Å². The average Bonchev–Trinajstić information content (AvgIpc) is 2.81. The van der Waals surface area contributed by atoms with Crippen LogP contribution in [0.3, 0.4) is 0 Å².